The van der Waals surface area contributed by atoms with Gasteiger partial charge in [-0.3, -0.25) is 15.0 Å². The minimum Gasteiger partial charge on any atom is -0.447 e. The van der Waals surface area contributed by atoms with Gasteiger partial charge < -0.3 is 10.1 Å². The zero-order chi connectivity index (χ0) is 15.7. The monoisotopic (exact) mass is 290 g/mol. The fourth-order valence-corrected chi connectivity index (χ4v) is 1.53. The molecule has 1 atom stereocenters. The molecular formula is C14H18N4O3. The molecule has 2 amide bonds. The lowest BCUT2D eigenvalue weighted by molar-refractivity contribution is -0.126. The molecule has 0 heterocycles. The summed E-state index contributed by atoms with van der Waals surface area (Å²) in [6.07, 6.45) is -0.638. The first-order valence-electron chi connectivity index (χ1n) is 6.34. The molecule has 0 fully saturated rings. The molecule has 0 aliphatic carbocycles. The van der Waals surface area contributed by atoms with Crippen molar-refractivity contribution in [3.63, 3.8) is 0 Å². The third-order valence-electron chi connectivity index (χ3n) is 2.66. The number of anilines is 1. The molecule has 2 N–H and O–H groups in total. The predicted octanol–water partition coefficient (Wildman–Crippen LogP) is 0.805. The Kier molecular flexibility index (Phi) is 6.71. The summed E-state index contributed by atoms with van der Waals surface area (Å²) in [4.78, 5) is 25.1. The van der Waals surface area contributed by atoms with Crippen LogP contribution in [0.5, 0.6) is 0 Å². The van der Waals surface area contributed by atoms with Gasteiger partial charge >= 0.3 is 6.09 Å². The zero-order valence-corrected chi connectivity index (χ0v) is 12.0. The van der Waals surface area contributed by atoms with Crippen LogP contribution >= 0.6 is 0 Å². The number of nitrogens with one attached hydrogen (secondary N) is 2. The topological polar surface area (TPSA) is 94.5 Å². The van der Waals surface area contributed by atoms with E-state index in [0.717, 1.165) is 0 Å². The van der Waals surface area contributed by atoms with E-state index in [-0.39, 0.29) is 19.1 Å². The number of para-hydroxylation sites is 1. The van der Waals surface area contributed by atoms with Gasteiger partial charge in [-0.2, -0.15) is 5.26 Å². The molecule has 1 aromatic rings. The van der Waals surface area contributed by atoms with Crippen LogP contribution in [0.25, 0.3) is 0 Å². The SMILES string of the molecule is CN(C)C(COC(=O)Nc1ccccc1)C(=O)NCC#N. The molecule has 0 aliphatic rings. The van der Waals surface area contributed by atoms with Gasteiger partial charge in [-0.05, 0) is 26.2 Å². The number of amides is 2. The lowest BCUT2D eigenvalue weighted by Gasteiger charge is -2.22. The van der Waals surface area contributed by atoms with Crippen LogP contribution in [-0.2, 0) is 9.53 Å². The van der Waals surface area contributed by atoms with Gasteiger partial charge in [0.05, 0.1) is 6.07 Å². The standard InChI is InChI=1S/C14H18N4O3/c1-18(2)12(13(19)16-9-8-15)10-21-14(20)17-11-6-4-3-5-7-11/h3-7,12H,9-10H2,1-2H3,(H,16,19)(H,17,20). The highest BCUT2D eigenvalue weighted by atomic mass is 16.5. The van der Waals surface area contributed by atoms with E-state index in [2.05, 4.69) is 10.6 Å². The van der Waals surface area contributed by atoms with E-state index in [1.165, 1.54) is 0 Å². The number of nitriles is 1. The van der Waals surface area contributed by atoms with Crippen LogP contribution in [0.15, 0.2) is 30.3 Å². The van der Waals surface area contributed by atoms with Crippen molar-refractivity contribution in [1.29, 1.82) is 5.26 Å². The molecular weight excluding hydrogens is 272 g/mol. The number of carbonyl (C=O) groups is 2. The van der Waals surface area contributed by atoms with Gasteiger partial charge in [0.2, 0.25) is 5.91 Å². The molecule has 21 heavy (non-hydrogen) atoms. The molecule has 0 spiro atoms. The fraction of sp³-hybridized carbons (Fsp3) is 0.357. The maximum absolute atomic E-state index is 11.8. The minimum atomic E-state index is -0.653. The molecule has 0 radical (unpaired) electrons. The van der Waals surface area contributed by atoms with Gasteiger partial charge in [-0.15, -0.1) is 0 Å². The van der Waals surface area contributed by atoms with Gasteiger partial charge in [0.15, 0.2) is 0 Å². The average molecular weight is 290 g/mol. The second-order valence-electron chi connectivity index (χ2n) is 4.44. The molecule has 7 heteroatoms. The predicted molar refractivity (Wildman–Crippen MR) is 77.5 cm³/mol. The van der Waals surface area contributed by atoms with E-state index in [1.807, 2.05) is 12.1 Å². The van der Waals surface area contributed by atoms with Gasteiger partial charge in [0, 0.05) is 5.69 Å². The van der Waals surface area contributed by atoms with Crippen molar-refractivity contribution < 1.29 is 14.3 Å². The Balaban J connectivity index is 2.48. The van der Waals surface area contributed by atoms with Crippen LogP contribution in [0.4, 0.5) is 10.5 Å². The van der Waals surface area contributed by atoms with E-state index in [1.54, 1.807) is 43.3 Å². The van der Waals surface area contributed by atoms with Crippen molar-refractivity contribution in [2.24, 2.45) is 0 Å². The Labute approximate surface area is 123 Å². The van der Waals surface area contributed by atoms with Crippen molar-refractivity contribution in [1.82, 2.24) is 10.2 Å². The van der Waals surface area contributed by atoms with Crippen LogP contribution in [0, 0.1) is 11.3 Å². The first-order valence-corrected chi connectivity index (χ1v) is 6.34. The molecule has 1 aromatic carbocycles. The van der Waals surface area contributed by atoms with Crippen LogP contribution in [0.2, 0.25) is 0 Å². The number of carbonyl (C=O) groups excluding carboxylic acids is 2. The Morgan fingerprint density at radius 3 is 2.57 bits per heavy atom. The maximum Gasteiger partial charge on any atom is 0.411 e. The Morgan fingerprint density at radius 2 is 2.00 bits per heavy atom. The van der Waals surface area contributed by atoms with Crippen molar-refractivity contribution >= 4 is 17.7 Å². The highest BCUT2D eigenvalue weighted by Crippen LogP contribution is 2.05. The fourth-order valence-electron chi connectivity index (χ4n) is 1.53. The summed E-state index contributed by atoms with van der Waals surface area (Å²) in [5.74, 6) is -0.367. The van der Waals surface area contributed by atoms with Crippen molar-refractivity contribution in [2.45, 2.75) is 6.04 Å². The van der Waals surface area contributed by atoms with E-state index < -0.39 is 12.1 Å². The van der Waals surface area contributed by atoms with E-state index in [0.29, 0.717) is 5.69 Å². The second-order valence-corrected chi connectivity index (χ2v) is 4.44. The number of rotatable bonds is 6. The lowest BCUT2D eigenvalue weighted by Crippen LogP contribution is -2.47. The molecule has 0 saturated carbocycles. The molecule has 1 rings (SSSR count). The average Bonchev–Trinajstić information content (AvgIpc) is 2.46. The number of hydrogen-bond donors (Lipinski definition) is 2. The largest absolute Gasteiger partial charge is 0.447 e. The van der Waals surface area contributed by atoms with Crippen molar-refractivity contribution in [3.05, 3.63) is 30.3 Å². The highest BCUT2D eigenvalue weighted by molar-refractivity contribution is 5.85. The summed E-state index contributed by atoms with van der Waals surface area (Å²) in [6.45, 7) is -0.192. The Morgan fingerprint density at radius 1 is 1.33 bits per heavy atom. The third-order valence-corrected chi connectivity index (χ3v) is 2.66. The molecule has 1 unspecified atom stereocenters. The zero-order valence-electron chi connectivity index (χ0n) is 12.0. The Bertz CT molecular complexity index is 511. The molecule has 0 saturated heterocycles. The van der Waals surface area contributed by atoms with Crippen LogP contribution < -0.4 is 10.6 Å². The van der Waals surface area contributed by atoms with Gasteiger partial charge in [0.25, 0.3) is 0 Å². The summed E-state index contributed by atoms with van der Waals surface area (Å²) >= 11 is 0. The molecule has 0 aromatic heterocycles. The third kappa shape index (κ3) is 5.93. The van der Waals surface area contributed by atoms with Gasteiger partial charge in [0.1, 0.15) is 19.2 Å². The van der Waals surface area contributed by atoms with Crippen LogP contribution in [-0.4, -0.2) is 50.2 Å². The summed E-state index contributed by atoms with van der Waals surface area (Å²) in [5, 5.41) is 13.4. The molecule has 0 aliphatic heterocycles. The number of benzene rings is 1. The molecule has 7 nitrogen and oxygen atoms in total. The van der Waals surface area contributed by atoms with E-state index in [9.17, 15) is 9.59 Å². The lowest BCUT2D eigenvalue weighted by atomic mass is 10.2. The van der Waals surface area contributed by atoms with Crippen molar-refractivity contribution in [2.75, 3.05) is 32.6 Å². The molecule has 112 valence electrons. The van der Waals surface area contributed by atoms with E-state index in [4.69, 9.17) is 10.00 Å². The summed E-state index contributed by atoms with van der Waals surface area (Å²) < 4.78 is 5.04. The first kappa shape index (κ1) is 16.5. The number of likely N-dealkylation sites (N-methyl/N-ethyl adjacent to an activating group) is 1. The van der Waals surface area contributed by atoms with Crippen LogP contribution in [0.3, 0.4) is 0 Å². The number of ether oxygens (including phenoxy) is 1. The summed E-state index contributed by atoms with van der Waals surface area (Å²) in [6, 6.07) is 10.0. The highest BCUT2D eigenvalue weighted by Gasteiger charge is 2.22. The van der Waals surface area contributed by atoms with Gasteiger partial charge in [-0.1, -0.05) is 18.2 Å². The smallest absolute Gasteiger partial charge is 0.411 e. The Hall–Kier alpha value is -2.59. The maximum atomic E-state index is 11.8. The molecule has 0 bridgehead atoms. The number of hydrogen-bond acceptors (Lipinski definition) is 5. The normalized spacial score (nSPS) is 11.3. The summed E-state index contributed by atoms with van der Waals surface area (Å²) in [5.41, 5.74) is 0.609. The quantitative estimate of drug-likeness (QED) is 0.756. The van der Waals surface area contributed by atoms with Crippen LogP contribution in [0.1, 0.15) is 0 Å². The number of nitrogens with zero attached hydrogens (tertiary/aromatic N) is 2. The first-order chi connectivity index (χ1) is 10.0. The summed E-state index contributed by atoms with van der Waals surface area (Å²) in [7, 11) is 3.38. The minimum absolute atomic E-state index is 0.0839. The van der Waals surface area contributed by atoms with Gasteiger partial charge in [-0.25, -0.2) is 4.79 Å². The van der Waals surface area contributed by atoms with E-state index >= 15 is 0 Å². The second kappa shape index (κ2) is 8.55. The van der Waals surface area contributed by atoms with Crippen molar-refractivity contribution in [3.8, 4) is 6.07 Å².